The van der Waals surface area contributed by atoms with Gasteiger partial charge in [0.1, 0.15) is 11.6 Å². The minimum Gasteiger partial charge on any atom is -0.493 e. The highest BCUT2D eigenvalue weighted by molar-refractivity contribution is 5.34. The maximum absolute atomic E-state index is 5.87. The van der Waals surface area contributed by atoms with E-state index in [-0.39, 0.29) is 0 Å². The Labute approximate surface area is 139 Å². The standard InChI is InChI=1S/C19H27N3O/c1-21(11-5-8-19-20-10-12-22(19)2)15-16-9-13-23-18-7-4-3-6-17(18)14-16/h3-4,6-7,10,12,16H,5,8-9,11,13-15H2,1-2H3. The zero-order valence-electron chi connectivity index (χ0n) is 14.2. The highest BCUT2D eigenvalue weighted by Crippen LogP contribution is 2.26. The van der Waals surface area contributed by atoms with Gasteiger partial charge in [0.15, 0.2) is 0 Å². The Morgan fingerprint density at radius 3 is 3.04 bits per heavy atom. The molecule has 0 bridgehead atoms. The van der Waals surface area contributed by atoms with E-state index in [9.17, 15) is 0 Å². The maximum Gasteiger partial charge on any atom is 0.122 e. The van der Waals surface area contributed by atoms with Crippen molar-refractivity contribution in [1.82, 2.24) is 14.5 Å². The van der Waals surface area contributed by atoms with Crippen LogP contribution in [0.1, 0.15) is 24.2 Å². The summed E-state index contributed by atoms with van der Waals surface area (Å²) >= 11 is 0. The van der Waals surface area contributed by atoms with Gasteiger partial charge in [0, 0.05) is 32.4 Å². The number of nitrogens with zero attached hydrogens (tertiary/aromatic N) is 3. The monoisotopic (exact) mass is 313 g/mol. The highest BCUT2D eigenvalue weighted by atomic mass is 16.5. The second kappa shape index (κ2) is 7.64. The smallest absolute Gasteiger partial charge is 0.122 e. The SMILES string of the molecule is CN(CCCc1nccn1C)CC1CCOc2ccccc2C1. The summed E-state index contributed by atoms with van der Waals surface area (Å²) in [5.74, 6) is 2.93. The lowest BCUT2D eigenvalue weighted by Crippen LogP contribution is -2.28. The maximum atomic E-state index is 5.87. The van der Waals surface area contributed by atoms with Crippen LogP contribution in [-0.2, 0) is 19.9 Å². The molecule has 0 aliphatic carbocycles. The van der Waals surface area contributed by atoms with Crippen molar-refractivity contribution in [2.45, 2.75) is 25.7 Å². The van der Waals surface area contributed by atoms with Crippen LogP contribution < -0.4 is 4.74 Å². The normalized spacial score (nSPS) is 17.6. The second-order valence-corrected chi connectivity index (χ2v) is 6.64. The van der Waals surface area contributed by atoms with Gasteiger partial charge in [-0.1, -0.05) is 18.2 Å². The van der Waals surface area contributed by atoms with Crippen molar-refractivity contribution >= 4 is 0 Å². The lowest BCUT2D eigenvalue weighted by molar-refractivity contribution is 0.238. The first-order valence-corrected chi connectivity index (χ1v) is 8.58. The minimum absolute atomic E-state index is 0.678. The van der Waals surface area contributed by atoms with Crippen molar-refractivity contribution in [2.75, 3.05) is 26.7 Å². The van der Waals surface area contributed by atoms with Crippen LogP contribution in [0.25, 0.3) is 0 Å². The van der Waals surface area contributed by atoms with Gasteiger partial charge in [-0.3, -0.25) is 0 Å². The van der Waals surface area contributed by atoms with Gasteiger partial charge in [-0.2, -0.15) is 0 Å². The van der Waals surface area contributed by atoms with E-state index >= 15 is 0 Å². The first kappa shape index (κ1) is 16.1. The summed E-state index contributed by atoms with van der Waals surface area (Å²) in [4.78, 5) is 6.85. The number of aromatic nitrogens is 2. The molecule has 1 aromatic heterocycles. The third-order valence-corrected chi connectivity index (χ3v) is 4.70. The molecule has 1 aliphatic heterocycles. The van der Waals surface area contributed by atoms with E-state index in [0.29, 0.717) is 5.92 Å². The molecule has 4 nitrogen and oxygen atoms in total. The van der Waals surface area contributed by atoms with E-state index in [1.807, 2.05) is 12.4 Å². The number of imidazole rings is 1. The van der Waals surface area contributed by atoms with E-state index in [2.05, 4.69) is 52.8 Å². The van der Waals surface area contributed by atoms with E-state index in [1.165, 1.54) is 11.4 Å². The molecule has 0 amide bonds. The van der Waals surface area contributed by atoms with E-state index in [1.54, 1.807) is 0 Å². The fraction of sp³-hybridized carbons (Fsp3) is 0.526. The Balaban J connectivity index is 1.46. The largest absolute Gasteiger partial charge is 0.493 e. The molecule has 0 saturated carbocycles. The molecular formula is C19H27N3O. The van der Waals surface area contributed by atoms with Gasteiger partial charge in [0.05, 0.1) is 6.61 Å². The van der Waals surface area contributed by atoms with E-state index in [4.69, 9.17) is 4.74 Å². The third kappa shape index (κ3) is 4.35. The molecule has 0 spiro atoms. The summed E-state index contributed by atoms with van der Waals surface area (Å²) in [6.07, 6.45) is 8.36. The van der Waals surface area contributed by atoms with Crippen LogP contribution in [-0.4, -0.2) is 41.2 Å². The van der Waals surface area contributed by atoms with Crippen LogP contribution in [0.2, 0.25) is 0 Å². The molecule has 0 fully saturated rings. The van der Waals surface area contributed by atoms with E-state index in [0.717, 1.165) is 51.1 Å². The van der Waals surface area contributed by atoms with E-state index < -0.39 is 0 Å². The number of para-hydroxylation sites is 1. The molecule has 4 heteroatoms. The lowest BCUT2D eigenvalue weighted by Gasteiger charge is -2.22. The number of hydrogen-bond acceptors (Lipinski definition) is 3. The second-order valence-electron chi connectivity index (χ2n) is 6.64. The number of fused-ring (bicyclic) bond motifs is 1. The van der Waals surface area contributed by atoms with Crippen LogP contribution in [0.4, 0.5) is 0 Å². The molecule has 0 saturated heterocycles. The van der Waals surface area contributed by atoms with Gasteiger partial charge >= 0.3 is 0 Å². The highest BCUT2D eigenvalue weighted by Gasteiger charge is 2.18. The summed E-state index contributed by atoms with van der Waals surface area (Å²) in [6, 6.07) is 8.47. The topological polar surface area (TPSA) is 30.3 Å². The summed E-state index contributed by atoms with van der Waals surface area (Å²) in [5.41, 5.74) is 1.36. The van der Waals surface area contributed by atoms with Crippen molar-refractivity contribution in [3.63, 3.8) is 0 Å². The van der Waals surface area contributed by atoms with Crippen molar-refractivity contribution in [1.29, 1.82) is 0 Å². The van der Waals surface area contributed by atoms with Crippen LogP contribution in [0, 0.1) is 5.92 Å². The van der Waals surface area contributed by atoms with Crippen molar-refractivity contribution in [3.8, 4) is 5.75 Å². The molecule has 0 radical (unpaired) electrons. The lowest BCUT2D eigenvalue weighted by atomic mass is 9.96. The number of hydrogen-bond donors (Lipinski definition) is 0. The number of benzene rings is 1. The molecule has 1 atom stereocenters. The van der Waals surface area contributed by atoms with Gasteiger partial charge in [-0.05, 0) is 50.4 Å². The zero-order chi connectivity index (χ0) is 16.1. The summed E-state index contributed by atoms with van der Waals surface area (Å²) < 4.78 is 7.98. The molecule has 1 aromatic carbocycles. The summed E-state index contributed by atoms with van der Waals surface area (Å²) in [7, 11) is 4.30. The average Bonchev–Trinajstić information content (AvgIpc) is 2.83. The van der Waals surface area contributed by atoms with Crippen molar-refractivity contribution < 1.29 is 4.74 Å². The Morgan fingerprint density at radius 1 is 1.35 bits per heavy atom. The van der Waals surface area contributed by atoms with Crippen LogP contribution in [0.3, 0.4) is 0 Å². The molecule has 124 valence electrons. The van der Waals surface area contributed by atoms with Gasteiger partial charge in [-0.15, -0.1) is 0 Å². The van der Waals surface area contributed by atoms with Gasteiger partial charge in [0.2, 0.25) is 0 Å². The first-order valence-electron chi connectivity index (χ1n) is 8.58. The predicted octanol–water partition coefficient (Wildman–Crippen LogP) is 2.93. The number of aryl methyl sites for hydroxylation is 2. The molecule has 2 aromatic rings. The quantitative estimate of drug-likeness (QED) is 0.821. The zero-order valence-corrected chi connectivity index (χ0v) is 14.2. The molecule has 0 N–H and O–H groups in total. The Morgan fingerprint density at radius 2 is 2.22 bits per heavy atom. The fourth-order valence-corrected chi connectivity index (χ4v) is 3.39. The van der Waals surface area contributed by atoms with Crippen LogP contribution >= 0.6 is 0 Å². The fourth-order valence-electron chi connectivity index (χ4n) is 3.39. The minimum atomic E-state index is 0.678. The molecule has 1 unspecified atom stereocenters. The van der Waals surface area contributed by atoms with Gasteiger partial charge in [0.25, 0.3) is 0 Å². The first-order chi connectivity index (χ1) is 11.2. The summed E-state index contributed by atoms with van der Waals surface area (Å²) in [6.45, 7) is 3.09. The number of rotatable bonds is 6. The average molecular weight is 313 g/mol. The Kier molecular flexibility index (Phi) is 5.34. The molecule has 3 rings (SSSR count). The predicted molar refractivity (Wildman–Crippen MR) is 92.8 cm³/mol. The van der Waals surface area contributed by atoms with Crippen molar-refractivity contribution in [3.05, 3.63) is 48.0 Å². The Hall–Kier alpha value is -1.81. The molecule has 23 heavy (non-hydrogen) atoms. The molecule has 2 heterocycles. The summed E-state index contributed by atoms with van der Waals surface area (Å²) in [5, 5.41) is 0. The van der Waals surface area contributed by atoms with Gasteiger partial charge in [-0.25, -0.2) is 4.98 Å². The third-order valence-electron chi connectivity index (χ3n) is 4.70. The molecular weight excluding hydrogens is 286 g/mol. The van der Waals surface area contributed by atoms with Crippen LogP contribution in [0.5, 0.6) is 5.75 Å². The molecule has 1 aliphatic rings. The Bertz CT molecular complexity index is 623. The van der Waals surface area contributed by atoms with Crippen LogP contribution in [0.15, 0.2) is 36.7 Å². The number of ether oxygens (including phenoxy) is 1. The van der Waals surface area contributed by atoms with Gasteiger partial charge < -0.3 is 14.2 Å². The van der Waals surface area contributed by atoms with Crippen molar-refractivity contribution in [2.24, 2.45) is 13.0 Å².